The fourth-order valence-electron chi connectivity index (χ4n) is 4.05. The van der Waals surface area contributed by atoms with Crippen LogP contribution in [0.4, 0.5) is 0 Å². The van der Waals surface area contributed by atoms with Crippen molar-refractivity contribution in [2.75, 3.05) is 26.2 Å². The Morgan fingerprint density at radius 2 is 1.67 bits per heavy atom. The summed E-state index contributed by atoms with van der Waals surface area (Å²) in [5.74, 6) is 0.0405. The Balaban J connectivity index is 1.39. The Kier molecular flexibility index (Phi) is 6.09. The number of fused-ring (bicyclic) bond motifs is 1. The van der Waals surface area contributed by atoms with Gasteiger partial charge in [-0.2, -0.15) is 0 Å². The Hall–Kier alpha value is -3.19. The zero-order valence-electron chi connectivity index (χ0n) is 16.9. The molecular weight excluding hydrogens is 380 g/mol. The summed E-state index contributed by atoms with van der Waals surface area (Å²) >= 11 is 0. The van der Waals surface area contributed by atoms with Crippen molar-refractivity contribution in [3.05, 3.63) is 81.0 Å². The standard InChI is InChI=1S/C23H26N4O3/c28-21(11-14-27-20-10-5-4-9-19(20)22(29)24-23(27)30)26-13-6-12-25(15-16-26)17-18-7-2-1-3-8-18/h1-5,7-10H,6,11-17H2,(H,24,29,30). The number of nitrogens with one attached hydrogen (secondary N) is 1. The third-order valence-electron chi connectivity index (χ3n) is 5.64. The van der Waals surface area contributed by atoms with Crippen LogP contribution in [0.2, 0.25) is 0 Å². The average Bonchev–Trinajstić information content (AvgIpc) is 3.00. The van der Waals surface area contributed by atoms with Gasteiger partial charge in [0.05, 0.1) is 10.9 Å². The summed E-state index contributed by atoms with van der Waals surface area (Å²) in [6.07, 6.45) is 1.16. The third-order valence-corrected chi connectivity index (χ3v) is 5.64. The van der Waals surface area contributed by atoms with Crippen LogP contribution in [0.25, 0.3) is 10.9 Å². The minimum absolute atomic E-state index is 0.0405. The van der Waals surface area contributed by atoms with E-state index in [0.29, 0.717) is 17.4 Å². The van der Waals surface area contributed by atoms with Crippen LogP contribution < -0.4 is 11.2 Å². The maximum absolute atomic E-state index is 12.8. The second kappa shape index (κ2) is 9.09. The summed E-state index contributed by atoms with van der Waals surface area (Å²) in [6.45, 7) is 4.35. The molecule has 1 aromatic heterocycles. The van der Waals surface area contributed by atoms with E-state index >= 15 is 0 Å². The Labute approximate surface area is 174 Å². The second-order valence-corrected chi connectivity index (χ2v) is 7.67. The van der Waals surface area contributed by atoms with Crippen molar-refractivity contribution in [3.63, 3.8) is 0 Å². The minimum atomic E-state index is -0.476. The largest absolute Gasteiger partial charge is 0.341 e. The van der Waals surface area contributed by atoms with Crippen molar-refractivity contribution < 1.29 is 4.79 Å². The number of amides is 1. The van der Waals surface area contributed by atoms with Gasteiger partial charge >= 0.3 is 5.69 Å². The molecule has 0 atom stereocenters. The van der Waals surface area contributed by atoms with Gasteiger partial charge in [0.2, 0.25) is 5.91 Å². The van der Waals surface area contributed by atoms with Crippen LogP contribution in [0, 0.1) is 0 Å². The van der Waals surface area contributed by atoms with Crippen LogP contribution in [0.5, 0.6) is 0 Å². The number of H-pyrrole nitrogens is 1. The van der Waals surface area contributed by atoms with E-state index in [0.717, 1.165) is 32.6 Å². The lowest BCUT2D eigenvalue weighted by Crippen LogP contribution is -2.37. The fourth-order valence-corrected chi connectivity index (χ4v) is 4.05. The number of aromatic nitrogens is 2. The molecule has 0 saturated carbocycles. The summed E-state index contributed by atoms with van der Waals surface area (Å²) in [5.41, 5.74) is 0.964. The van der Waals surface area contributed by atoms with Gasteiger partial charge in [-0.1, -0.05) is 42.5 Å². The predicted molar refractivity (Wildman–Crippen MR) is 116 cm³/mol. The average molecular weight is 406 g/mol. The monoisotopic (exact) mass is 406 g/mol. The van der Waals surface area contributed by atoms with E-state index in [1.807, 2.05) is 23.1 Å². The maximum Gasteiger partial charge on any atom is 0.328 e. The number of rotatable bonds is 5. The number of carbonyl (C=O) groups is 1. The van der Waals surface area contributed by atoms with Gasteiger partial charge in [-0.3, -0.25) is 24.0 Å². The molecule has 7 heteroatoms. The molecule has 1 fully saturated rings. The van der Waals surface area contributed by atoms with Crippen LogP contribution in [-0.4, -0.2) is 51.4 Å². The lowest BCUT2D eigenvalue weighted by Gasteiger charge is -2.22. The summed E-state index contributed by atoms with van der Waals surface area (Å²) < 4.78 is 1.48. The summed E-state index contributed by atoms with van der Waals surface area (Å²) in [6, 6.07) is 17.3. The van der Waals surface area contributed by atoms with Crippen molar-refractivity contribution in [2.45, 2.75) is 25.9 Å². The first kappa shape index (κ1) is 20.1. The molecule has 0 bridgehead atoms. The quantitative estimate of drug-likeness (QED) is 0.701. The van der Waals surface area contributed by atoms with Crippen LogP contribution in [0.3, 0.4) is 0 Å². The highest BCUT2D eigenvalue weighted by molar-refractivity contribution is 5.79. The Morgan fingerprint density at radius 1 is 0.900 bits per heavy atom. The molecule has 156 valence electrons. The number of benzene rings is 2. The number of carbonyl (C=O) groups excluding carboxylic acids is 1. The fraction of sp³-hybridized carbons (Fsp3) is 0.348. The van der Waals surface area contributed by atoms with E-state index in [1.54, 1.807) is 24.3 Å². The first-order valence-electron chi connectivity index (χ1n) is 10.4. The van der Waals surface area contributed by atoms with Gasteiger partial charge in [-0.05, 0) is 24.1 Å². The summed E-state index contributed by atoms with van der Waals surface area (Å²) in [4.78, 5) is 43.7. The van der Waals surface area contributed by atoms with E-state index < -0.39 is 11.2 Å². The summed E-state index contributed by atoms with van der Waals surface area (Å²) in [5, 5.41) is 0.455. The highest BCUT2D eigenvalue weighted by atomic mass is 16.2. The number of hydrogen-bond donors (Lipinski definition) is 1. The molecular formula is C23H26N4O3. The number of aryl methyl sites for hydroxylation is 1. The molecule has 30 heavy (non-hydrogen) atoms. The van der Waals surface area contributed by atoms with E-state index in [9.17, 15) is 14.4 Å². The Morgan fingerprint density at radius 3 is 2.50 bits per heavy atom. The number of hydrogen-bond acceptors (Lipinski definition) is 4. The first-order valence-corrected chi connectivity index (χ1v) is 10.4. The molecule has 3 aromatic rings. The molecule has 1 saturated heterocycles. The lowest BCUT2D eigenvalue weighted by molar-refractivity contribution is -0.131. The zero-order chi connectivity index (χ0) is 20.9. The molecule has 1 amide bonds. The van der Waals surface area contributed by atoms with Crippen molar-refractivity contribution in [2.24, 2.45) is 0 Å². The SMILES string of the molecule is O=C(CCn1c(=O)[nH]c(=O)c2ccccc21)N1CCCN(Cc2ccccc2)CC1. The number of aromatic amines is 1. The van der Waals surface area contributed by atoms with E-state index in [-0.39, 0.29) is 18.9 Å². The molecule has 1 aliphatic rings. The molecule has 2 heterocycles. The number of nitrogens with zero attached hydrogens (tertiary/aromatic N) is 3. The van der Waals surface area contributed by atoms with Gasteiger partial charge in [0.15, 0.2) is 0 Å². The first-order chi connectivity index (χ1) is 14.6. The van der Waals surface area contributed by atoms with Crippen LogP contribution >= 0.6 is 0 Å². The highest BCUT2D eigenvalue weighted by Gasteiger charge is 2.19. The third kappa shape index (κ3) is 4.52. The van der Waals surface area contributed by atoms with Gasteiger partial charge in [-0.25, -0.2) is 4.79 Å². The van der Waals surface area contributed by atoms with Crippen LogP contribution in [-0.2, 0) is 17.9 Å². The van der Waals surface area contributed by atoms with Gasteiger partial charge in [0.1, 0.15) is 0 Å². The molecule has 2 aromatic carbocycles. The van der Waals surface area contributed by atoms with Gasteiger partial charge in [0, 0.05) is 45.7 Å². The molecule has 4 rings (SSSR count). The van der Waals surface area contributed by atoms with Gasteiger partial charge < -0.3 is 4.90 Å². The van der Waals surface area contributed by atoms with Crippen molar-refractivity contribution in [1.82, 2.24) is 19.4 Å². The smallest absolute Gasteiger partial charge is 0.328 e. The molecule has 1 N–H and O–H groups in total. The predicted octanol–water partition coefficient (Wildman–Crippen LogP) is 1.81. The van der Waals surface area contributed by atoms with Gasteiger partial charge in [0.25, 0.3) is 5.56 Å². The molecule has 0 aliphatic carbocycles. The molecule has 1 aliphatic heterocycles. The molecule has 0 spiro atoms. The van der Waals surface area contributed by atoms with Crippen molar-refractivity contribution in [3.8, 4) is 0 Å². The topological polar surface area (TPSA) is 78.4 Å². The minimum Gasteiger partial charge on any atom is -0.341 e. The second-order valence-electron chi connectivity index (χ2n) is 7.67. The number of para-hydroxylation sites is 1. The highest BCUT2D eigenvalue weighted by Crippen LogP contribution is 2.11. The van der Waals surface area contributed by atoms with Gasteiger partial charge in [-0.15, -0.1) is 0 Å². The Bertz CT molecular complexity index is 1140. The van der Waals surface area contributed by atoms with E-state index in [2.05, 4.69) is 22.0 Å². The zero-order valence-corrected chi connectivity index (χ0v) is 16.9. The summed E-state index contributed by atoms with van der Waals surface area (Å²) in [7, 11) is 0. The van der Waals surface area contributed by atoms with Crippen molar-refractivity contribution in [1.29, 1.82) is 0 Å². The van der Waals surface area contributed by atoms with Crippen LogP contribution in [0.15, 0.2) is 64.2 Å². The maximum atomic E-state index is 12.8. The van der Waals surface area contributed by atoms with E-state index in [4.69, 9.17) is 0 Å². The van der Waals surface area contributed by atoms with Crippen LogP contribution in [0.1, 0.15) is 18.4 Å². The normalized spacial score (nSPS) is 15.3. The van der Waals surface area contributed by atoms with E-state index in [1.165, 1.54) is 10.1 Å². The molecule has 7 nitrogen and oxygen atoms in total. The molecule has 0 radical (unpaired) electrons. The lowest BCUT2D eigenvalue weighted by atomic mass is 10.2. The van der Waals surface area contributed by atoms with Crippen molar-refractivity contribution >= 4 is 16.8 Å². The molecule has 0 unspecified atom stereocenters.